The topological polar surface area (TPSA) is 17.8 Å². The van der Waals surface area contributed by atoms with E-state index in [0.29, 0.717) is 0 Å². The molecule has 0 saturated heterocycles. The first-order valence-electron chi connectivity index (χ1n) is 5.21. The van der Waals surface area contributed by atoms with Gasteiger partial charge in [-0.05, 0) is 32.4 Å². The summed E-state index contributed by atoms with van der Waals surface area (Å²) in [6.07, 6.45) is 1.85. The molecule has 0 amide bonds. The van der Waals surface area contributed by atoms with Gasteiger partial charge in [-0.3, -0.25) is 4.68 Å². The summed E-state index contributed by atoms with van der Waals surface area (Å²) in [7, 11) is 0. The van der Waals surface area contributed by atoms with Gasteiger partial charge in [-0.1, -0.05) is 29.3 Å². The Hall–Kier alpha value is -1.57. The van der Waals surface area contributed by atoms with Crippen LogP contribution in [-0.2, 0) is 6.54 Å². The molecule has 0 bridgehead atoms. The minimum absolute atomic E-state index is 0.862. The molecule has 1 aromatic carbocycles. The Morgan fingerprint density at radius 3 is 2.27 bits per heavy atom. The lowest BCUT2D eigenvalue weighted by atomic mass is 10.1. The molecular formula is C13H16N2. The number of benzene rings is 1. The van der Waals surface area contributed by atoms with E-state index in [0.717, 1.165) is 6.54 Å². The molecule has 2 aromatic rings. The lowest BCUT2D eigenvalue weighted by Crippen LogP contribution is -2.03. The van der Waals surface area contributed by atoms with E-state index in [4.69, 9.17) is 0 Å². The minimum Gasteiger partial charge on any atom is -0.265 e. The molecule has 1 aromatic heterocycles. The second-order valence-electron chi connectivity index (χ2n) is 4.13. The van der Waals surface area contributed by atoms with Crippen LogP contribution >= 0.6 is 0 Å². The smallest absolute Gasteiger partial charge is 0.0662 e. The molecule has 0 aliphatic carbocycles. The van der Waals surface area contributed by atoms with Crippen LogP contribution in [0, 0.1) is 20.8 Å². The molecule has 15 heavy (non-hydrogen) atoms. The van der Waals surface area contributed by atoms with Crippen molar-refractivity contribution in [1.29, 1.82) is 0 Å². The predicted octanol–water partition coefficient (Wildman–Crippen LogP) is 2.86. The van der Waals surface area contributed by atoms with Crippen molar-refractivity contribution in [3.63, 3.8) is 0 Å². The highest BCUT2D eigenvalue weighted by Crippen LogP contribution is 2.10. The summed E-state index contributed by atoms with van der Waals surface area (Å²) in [5.74, 6) is 0. The first kappa shape index (κ1) is 9.97. The van der Waals surface area contributed by atoms with Gasteiger partial charge < -0.3 is 0 Å². The van der Waals surface area contributed by atoms with Gasteiger partial charge in [0.15, 0.2) is 0 Å². The van der Waals surface area contributed by atoms with Crippen LogP contribution in [-0.4, -0.2) is 9.78 Å². The third-order valence-corrected chi connectivity index (χ3v) is 2.54. The summed E-state index contributed by atoms with van der Waals surface area (Å²) in [6, 6.07) is 8.66. The number of nitrogens with zero attached hydrogens (tertiary/aromatic N) is 2. The molecule has 2 rings (SSSR count). The molecular weight excluding hydrogens is 184 g/mol. The summed E-state index contributed by atoms with van der Waals surface area (Å²) in [5, 5.41) is 4.29. The highest BCUT2D eigenvalue weighted by molar-refractivity contribution is 5.28. The van der Waals surface area contributed by atoms with Gasteiger partial charge in [-0.15, -0.1) is 0 Å². The van der Waals surface area contributed by atoms with E-state index in [1.54, 1.807) is 0 Å². The molecule has 0 atom stereocenters. The van der Waals surface area contributed by atoms with Crippen LogP contribution in [0.2, 0.25) is 0 Å². The Labute approximate surface area is 90.6 Å². The van der Waals surface area contributed by atoms with E-state index in [2.05, 4.69) is 44.1 Å². The maximum atomic E-state index is 4.29. The maximum absolute atomic E-state index is 4.29. The van der Waals surface area contributed by atoms with Crippen molar-refractivity contribution in [3.8, 4) is 0 Å². The molecule has 2 heteroatoms. The zero-order valence-electron chi connectivity index (χ0n) is 9.49. The fourth-order valence-electron chi connectivity index (χ4n) is 1.90. The SMILES string of the molecule is Cc1cc(C)cc(Cn2nccc2C)c1. The van der Waals surface area contributed by atoms with E-state index in [1.165, 1.54) is 22.4 Å². The summed E-state index contributed by atoms with van der Waals surface area (Å²) in [6.45, 7) is 7.20. The van der Waals surface area contributed by atoms with Crippen LogP contribution in [0.25, 0.3) is 0 Å². The van der Waals surface area contributed by atoms with Gasteiger partial charge in [0.1, 0.15) is 0 Å². The quantitative estimate of drug-likeness (QED) is 0.729. The molecule has 0 N–H and O–H groups in total. The Morgan fingerprint density at radius 2 is 1.73 bits per heavy atom. The van der Waals surface area contributed by atoms with Crippen LogP contribution < -0.4 is 0 Å². The Balaban J connectivity index is 2.28. The highest BCUT2D eigenvalue weighted by atomic mass is 15.3. The second kappa shape index (κ2) is 3.89. The summed E-state index contributed by atoms with van der Waals surface area (Å²) in [4.78, 5) is 0. The van der Waals surface area contributed by atoms with Gasteiger partial charge in [0, 0.05) is 11.9 Å². The normalized spacial score (nSPS) is 10.6. The molecule has 0 aliphatic rings. The molecule has 2 nitrogen and oxygen atoms in total. The highest BCUT2D eigenvalue weighted by Gasteiger charge is 2.00. The van der Waals surface area contributed by atoms with Crippen molar-refractivity contribution < 1.29 is 0 Å². The second-order valence-corrected chi connectivity index (χ2v) is 4.13. The first-order valence-corrected chi connectivity index (χ1v) is 5.21. The zero-order chi connectivity index (χ0) is 10.8. The summed E-state index contributed by atoms with van der Waals surface area (Å²) in [5.41, 5.74) is 5.15. The number of rotatable bonds is 2. The standard InChI is InChI=1S/C13H16N2/c1-10-6-11(2)8-13(7-10)9-15-12(3)4-5-14-15/h4-8H,9H2,1-3H3. The molecule has 78 valence electrons. The van der Waals surface area contributed by atoms with Crippen LogP contribution in [0.15, 0.2) is 30.5 Å². The van der Waals surface area contributed by atoms with Crippen molar-refractivity contribution in [2.75, 3.05) is 0 Å². The predicted molar refractivity (Wildman–Crippen MR) is 62.0 cm³/mol. The number of hydrogen-bond acceptors (Lipinski definition) is 1. The number of aryl methyl sites for hydroxylation is 3. The van der Waals surface area contributed by atoms with Crippen molar-refractivity contribution >= 4 is 0 Å². The summed E-state index contributed by atoms with van der Waals surface area (Å²) < 4.78 is 2.02. The van der Waals surface area contributed by atoms with E-state index in [1.807, 2.05) is 16.9 Å². The van der Waals surface area contributed by atoms with Gasteiger partial charge in [0.05, 0.1) is 6.54 Å². The van der Waals surface area contributed by atoms with Crippen molar-refractivity contribution in [2.45, 2.75) is 27.3 Å². The molecule has 0 radical (unpaired) electrons. The van der Waals surface area contributed by atoms with Gasteiger partial charge >= 0.3 is 0 Å². The summed E-state index contributed by atoms with van der Waals surface area (Å²) >= 11 is 0. The first-order chi connectivity index (χ1) is 7.15. The molecule has 0 fully saturated rings. The fraction of sp³-hybridized carbons (Fsp3) is 0.308. The van der Waals surface area contributed by atoms with E-state index >= 15 is 0 Å². The van der Waals surface area contributed by atoms with E-state index < -0.39 is 0 Å². The van der Waals surface area contributed by atoms with Crippen LogP contribution in [0.4, 0.5) is 0 Å². The monoisotopic (exact) mass is 200 g/mol. The van der Waals surface area contributed by atoms with Crippen LogP contribution in [0.3, 0.4) is 0 Å². The van der Waals surface area contributed by atoms with Gasteiger partial charge in [0.25, 0.3) is 0 Å². The Bertz CT molecular complexity index is 449. The average molecular weight is 200 g/mol. The minimum atomic E-state index is 0.862. The Kier molecular flexibility index (Phi) is 2.58. The fourth-order valence-corrected chi connectivity index (χ4v) is 1.90. The molecule has 1 heterocycles. The molecule has 0 spiro atoms. The van der Waals surface area contributed by atoms with Gasteiger partial charge in [-0.2, -0.15) is 5.10 Å². The lowest BCUT2D eigenvalue weighted by molar-refractivity contribution is 0.664. The zero-order valence-corrected chi connectivity index (χ0v) is 9.49. The Morgan fingerprint density at radius 1 is 1.07 bits per heavy atom. The van der Waals surface area contributed by atoms with Gasteiger partial charge in [0.2, 0.25) is 0 Å². The van der Waals surface area contributed by atoms with Crippen LogP contribution in [0.5, 0.6) is 0 Å². The third-order valence-electron chi connectivity index (χ3n) is 2.54. The van der Waals surface area contributed by atoms with Crippen molar-refractivity contribution in [2.24, 2.45) is 0 Å². The molecule has 0 unspecified atom stereocenters. The lowest BCUT2D eigenvalue weighted by Gasteiger charge is -2.07. The van der Waals surface area contributed by atoms with E-state index in [-0.39, 0.29) is 0 Å². The third kappa shape index (κ3) is 2.27. The van der Waals surface area contributed by atoms with Crippen molar-refractivity contribution in [3.05, 3.63) is 52.8 Å². The number of aromatic nitrogens is 2. The maximum Gasteiger partial charge on any atom is 0.0662 e. The number of hydrogen-bond donors (Lipinski definition) is 0. The van der Waals surface area contributed by atoms with Gasteiger partial charge in [-0.25, -0.2) is 0 Å². The largest absolute Gasteiger partial charge is 0.265 e. The van der Waals surface area contributed by atoms with Crippen LogP contribution in [0.1, 0.15) is 22.4 Å². The average Bonchev–Trinajstić information content (AvgIpc) is 2.50. The molecule has 0 aliphatic heterocycles. The van der Waals surface area contributed by atoms with Crippen molar-refractivity contribution in [1.82, 2.24) is 9.78 Å². The molecule has 0 saturated carbocycles. The van der Waals surface area contributed by atoms with E-state index in [9.17, 15) is 0 Å².